The van der Waals surface area contributed by atoms with Crippen LogP contribution in [0.4, 0.5) is 5.69 Å². The molecule has 2 heterocycles. The number of aromatic nitrogens is 1. The lowest BCUT2D eigenvalue weighted by Gasteiger charge is -2.21. The highest BCUT2D eigenvalue weighted by molar-refractivity contribution is 7.21. The third-order valence-electron chi connectivity index (χ3n) is 6.13. The third-order valence-corrected chi connectivity index (χ3v) is 7.37. The van der Waals surface area contributed by atoms with Crippen LogP contribution in [0.15, 0.2) is 82.0 Å². The van der Waals surface area contributed by atoms with Gasteiger partial charge in [0.1, 0.15) is 23.1 Å². The van der Waals surface area contributed by atoms with Crippen LogP contribution in [0, 0.1) is 0 Å². The van der Waals surface area contributed by atoms with Crippen molar-refractivity contribution in [2.24, 2.45) is 7.05 Å². The van der Waals surface area contributed by atoms with E-state index in [4.69, 9.17) is 9.15 Å². The molecule has 0 aliphatic carbocycles. The highest BCUT2D eigenvalue weighted by atomic mass is 32.1. The summed E-state index contributed by atoms with van der Waals surface area (Å²) in [7, 11) is 1.88. The average Bonchev–Trinajstić information content (AvgIpc) is 3.20. The van der Waals surface area contributed by atoms with Crippen molar-refractivity contribution in [1.82, 2.24) is 0 Å². The normalized spacial score (nSPS) is 11.2. The number of ether oxygens (including phenoxy) is 1. The fourth-order valence-corrected chi connectivity index (χ4v) is 5.54. The Balaban J connectivity index is 1.78. The number of benzene rings is 3. The molecule has 0 bridgehead atoms. The maximum absolute atomic E-state index is 13.6. The Morgan fingerprint density at radius 3 is 2.43 bits per heavy atom. The van der Waals surface area contributed by atoms with Gasteiger partial charge in [0.25, 0.3) is 5.01 Å². The van der Waals surface area contributed by atoms with E-state index in [1.165, 1.54) is 11.3 Å². The fraction of sp³-hybridized carbons (Fsp3) is 0.179. The third kappa shape index (κ3) is 4.08. The van der Waals surface area contributed by atoms with E-state index >= 15 is 0 Å². The second-order valence-electron chi connectivity index (χ2n) is 8.13. The number of anilines is 1. The van der Waals surface area contributed by atoms with Gasteiger partial charge in [-0.25, -0.2) is 9.59 Å². The molecule has 0 N–H and O–H groups in total. The molecule has 0 aliphatic heterocycles. The predicted octanol–water partition coefficient (Wildman–Crippen LogP) is 5.56. The van der Waals surface area contributed by atoms with E-state index in [1.807, 2.05) is 60.1 Å². The molecule has 35 heavy (non-hydrogen) atoms. The molecule has 0 aliphatic rings. The summed E-state index contributed by atoms with van der Waals surface area (Å²) >= 11 is 1.44. The number of fused-ring (bicyclic) bond motifs is 2. The van der Waals surface area contributed by atoms with Gasteiger partial charge >= 0.3 is 11.6 Å². The first-order valence-electron chi connectivity index (χ1n) is 11.5. The molecule has 2 aromatic heterocycles. The average molecular weight is 486 g/mol. The second kappa shape index (κ2) is 9.35. The van der Waals surface area contributed by atoms with Crippen LogP contribution in [-0.4, -0.2) is 19.1 Å². The van der Waals surface area contributed by atoms with Crippen LogP contribution >= 0.6 is 11.3 Å². The summed E-state index contributed by atoms with van der Waals surface area (Å²) in [5.74, 6) is -0.192. The maximum Gasteiger partial charge on any atom is 0.352 e. The lowest BCUT2D eigenvalue weighted by molar-refractivity contribution is -0.629. The van der Waals surface area contributed by atoms with Gasteiger partial charge in [-0.2, -0.15) is 4.57 Å². The first-order chi connectivity index (χ1) is 17.0. The summed E-state index contributed by atoms with van der Waals surface area (Å²) in [6.07, 6.45) is 0. The molecule has 3 aromatic carbocycles. The van der Waals surface area contributed by atoms with Crippen molar-refractivity contribution in [1.29, 1.82) is 0 Å². The van der Waals surface area contributed by atoms with E-state index in [0.29, 0.717) is 21.7 Å². The fourth-order valence-electron chi connectivity index (χ4n) is 4.35. The quantitative estimate of drug-likeness (QED) is 0.136. The van der Waals surface area contributed by atoms with Crippen molar-refractivity contribution >= 4 is 44.2 Å². The Morgan fingerprint density at radius 1 is 1.00 bits per heavy atom. The lowest BCUT2D eigenvalue weighted by atomic mass is 10.0. The van der Waals surface area contributed by atoms with E-state index in [-0.39, 0.29) is 11.1 Å². The van der Waals surface area contributed by atoms with Gasteiger partial charge in [-0.1, -0.05) is 41.7 Å². The zero-order chi connectivity index (χ0) is 24.5. The van der Waals surface area contributed by atoms with Crippen molar-refractivity contribution < 1.29 is 18.5 Å². The smallest absolute Gasteiger partial charge is 0.352 e. The lowest BCUT2D eigenvalue weighted by Crippen LogP contribution is -2.31. The second-order valence-corrected chi connectivity index (χ2v) is 9.16. The van der Waals surface area contributed by atoms with Crippen molar-refractivity contribution in [3.05, 3.63) is 88.8 Å². The monoisotopic (exact) mass is 485 g/mol. The predicted molar refractivity (Wildman–Crippen MR) is 139 cm³/mol. The van der Waals surface area contributed by atoms with Crippen molar-refractivity contribution in [3.8, 4) is 16.3 Å². The number of hydrogen-bond acceptors (Lipinski definition) is 6. The Labute approximate surface area is 206 Å². The number of carbonyl (C=O) groups is 1. The zero-order valence-corrected chi connectivity index (χ0v) is 20.6. The van der Waals surface area contributed by atoms with Crippen LogP contribution in [0.3, 0.4) is 0 Å². The van der Waals surface area contributed by atoms with E-state index in [1.54, 1.807) is 24.3 Å². The van der Waals surface area contributed by atoms with Crippen LogP contribution < -0.4 is 19.8 Å². The van der Waals surface area contributed by atoms with Gasteiger partial charge in [0.15, 0.2) is 5.56 Å². The van der Waals surface area contributed by atoms with E-state index < -0.39 is 11.6 Å². The van der Waals surface area contributed by atoms with Crippen molar-refractivity contribution in [2.45, 2.75) is 13.8 Å². The number of para-hydroxylation sites is 2. The topological polar surface area (TPSA) is 63.6 Å². The van der Waals surface area contributed by atoms with Gasteiger partial charge in [-0.05, 0) is 44.2 Å². The molecule has 7 heteroatoms. The largest absolute Gasteiger partial charge is 0.423 e. The van der Waals surface area contributed by atoms with Gasteiger partial charge in [0.05, 0.1) is 5.56 Å². The highest BCUT2D eigenvalue weighted by Gasteiger charge is 2.31. The first kappa shape index (κ1) is 22.8. The van der Waals surface area contributed by atoms with Crippen molar-refractivity contribution in [2.75, 3.05) is 18.0 Å². The molecule has 0 unspecified atom stereocenters. The molecule has 0 radical (unpaired) electrons. The highest BCUT2D eigenvalue weighted by Crippen LogP contribution is 2.34. The van der Waals surface area contributed by atoms with E-state index in [0.717, 1.165) is 29.0 Å². The van der Waals surface area contributed by atoms with Crippen LogP contribution in [0.1, 0.15) is 24.2 Å². The number of nitrogens with zero attached hydrogens (tertiary/aromatic N) is 2. The molecule has 0 fully saturated rings. The first-order valence-corrected chi connectivity index (χ1v) is 12.3. The number of esters is 1. The number of carbonyl (C=O) groups excluding carboxylic acids is 1. The Bertz CT molecular complexity index is 1600. The van der Waals surface area contributed by atoms with Gasteiger partial charge in [-0.15, -0.1) is 0 Å². The van der Waals surface area contributed by atoms with Crippen LogP contribution in [-0.2, 0) is 7.05 Å². The molecular weight excluding hydrogens is 460 g/mol. The molecule has 0 atom stereocenters. The minimum absolute atomic E-state index is 0.202. The van der Waals surface area contributed by atoms with Gasteiger partial charge in [0, 0.05) is 36.3 Å². The molecular formula is C28H25N2O4S+. The molecule has 0 saturated carbocycles. The summed E-state index contributed by atoms with van der Waals surface area (Å²) in [5, 5.41) is 1.17. The summed E-state index contributed by atoms with van der Waals surface area (Å²) < 4.78 is 14.5. The summed E-state index contributed by atoms with van der Waals surface area (Å²) in [5.41, 5.74) is 2.08. The number of hydrogen-bond donors (Lipinski definition) is 0. The van der Waals surface area contributed by atoms with Gasteiger partial charge in [0.2, 0.25) is 5.52 Å². The maximum atomic E-state index is 13.6. The van der Waals surface area contributed by atoms with Crippen LogP contribution in [0.25, 0.3) is 31.8 Å². The molecule has 5 aromatic rings. The van der Waals surface area contributed by atoms with E-state index in [9.17, 15) is 9.59 Å². The molecule has 176 valence electrons. The van der Waals surface area contributed by atoms with Crippen LogP contribution in [0.5, 0.6) is 5.75 Å². The Kier molecular flexibility index (Phi) is 6.09. The minimum atomic E-state index is -0.600. The molecule has 5 rings (SSSR count). The zero-order valence-electron chi connectivity index (χ0n) is 19.8. The summed E-state index contributed by atoms with van der Waals surface area (Å²) in [6.45, 7) is 5.75. The summed E-state index contributed by atoms with van der Waals surface area (Å²) in [4.78, 5) is 29.2. The Hall–Kier alpha value is -3.97. The minimum Gasteiger partial charge on any atom is -0.423 e. The molecule has 6 nitrogen and oxygen atoms in total. The van der Waals surface area contributed by atoms with Gasteiger partial charge in [-0.3, -0.25) is 0 Å². The molecule has 0 spiro atoms. The van der Waals surface area contributed by atoms with E-state index in [2.05, 4.69) is 18.7 Å². The SMILES string of the molecule is CCN(CC)c1ccc2c(C(=O)Oc3ccccc3)c(-c3sc4ccccc4[n+]3C)c(=O)oc2c1. The molecule has 0 amide bonds. The molecule has 0 saturated heterocycles. The van der Waals surface area contributed by atoms with Gasteiger partial charge < -0.3 is 14.1 Å². The number of thiazole rings is 1. The number of rotatable bonds is 6. The standard InChI is InChI=1S/C28H25N2O4S/c1-4-30(5-2)18-15-16-20-22(17-18)34-28(32)25(24(20)27(31)33-19-11-7-6-8-12-19)26-29(3)21-13-9-10-14-23(21)35-26/h6-17H,4-5H2,1-3H3/q+1. The number of aryl methyl sites for hydroxylation is 1. The van der Waals surface area contributed by atoms with Crippen molar-refractivity contribution in [3.63, 3.8) is 0 Å². The summed E-state index contributed by atoms with van der Waals surface area (Å²) in [6, 6.07) is 22.3. The Morgan fingerprint density at radius 2 is 1.71 bits per heavy atom. The van der Waals surface area contributed by atoms with Crippen LogP contribution in [0.2, 0.25) is 0 Å².